The van der Waals surface area contributed by atoms with Crippen LogP contribution in [0.1, 0.15) is 65.2 Å². The number of hydrogen-bond donors (Lipinski definition) is 1. The third-order valence-electron chi connectivity index (χ3n) is 4.54. The first kappa shape index (κ1) is 16.0. The molecule has 0 aliphatic heterocycles. The minimum absolute atomic E-state index is 0.435. The Bertz CT molecular complexity index is 201. The highest BCUT2D eigenvalue weighted by atomic mass is 15.1. The smallest absolute Gasteiger partial charge is 0.00924 e. The minimum atomic E-state index is 0.435. The van der Waals surface area contributed by atoms with Crippen LogP contribution in [0.2, 0.25) is 0 Å². The van der Waals surface area contributed by atoms with Gasteiger partial charge in [-0.1, -0.05) is 46.0 Å². The van der Waals surface area contributed by atoms with E-state index >= 15 is 0 Å². The molecule has 1 unspecified atom stereocenters. The van der Waals surface area contributed by atoms with Crippen molar-refractivity contribution in [1.29, 1.82) is 0 Å². The van der Waals surface area contributed by atoms with Crippen molar-refractivity contribution in [3.05, 3.63) is 0 Å². The van der Waals surface area contributed by atoms with E-state index in [-0.39, 0.29) is 0 Å². The van der Waals surface area contributed by atoms with E-state index < -0.39 is 0 Å². The van der Waals surface area contributed by atoms with Gasteiger partial charge in [0.25, 0.3) is 0 Å². The molecule has 0 spiro atoms. The van der Waals surface area contributed by atoms with Crippen LogP contribution in [-0.4, -0.2) is 38.1 Å². The fourth-order valence-corrected chi connectivity index (χ4v) is 3.68. The van der Waals surface area contributed by atoms with Crippen LogP contribution < -0.4 is 5.32 Å². The molecule has 0 aromatic rings. The second-order valence-electron chi connectivity index (χ2n) is 6.65. The van der Waals surface area contributed by atoms with Crippen LogP contribution in [0.4, 0.5) is 0 Å². The average molecular weight is 254 g/mol. The Morgan fingerprint density at radius 3 is 2.28 bits per heavy atom. The molecule has 2 nitrogen and oxygen atoms in total. The molecule has 1 aliphatic carbocycles. The highest BCUT2D eigenvalue weighted by molar-refractivity contribution is 4.82. The molecule has 0 amide bonds. The van der Waals surface area contributed by atoms with Gasteiger partial charge in [0, 0.05) is 19.1 Å². The quantitative estimate of drug-likeness (QED) is 0.697. The molecule has 18 heavy (non-hydrogen) atoms. The van der Waals surface area contributed by atoms with Gasteiger partial charge in [-0.3, -0.25) is 0 Å². The van der Waals surface area contributed by atoms with E-state index in [9.17, 15) is 0 Å². The van der Waals surface area contributed by atoms with Crippen LogP contribution in [0, 0.1) is 5.41 Å². The van der Waals surface area contributed by atoms with Gasteiger partial charge in [-0.15, -0.1) is 0 Å². The molecule has 1 fully saturated rings. The topological polar surface area (TPSA) is 15.3 Å². The van der Waals surface area contributed by atoms with Gasteiger partial charge in [0.1, 0.15) is 0 Å². The Balaban J connectivity index is 2.50. The zero-order valence-electron chi connectivity index (χ0n) is 13.1. The second-order valence-corrected chi connectivity index (χ2v) is 6.65. The molecule has 2 heteroatoms. The molecule has 1 saturated carbocycles. The van der Waals surface area contributed by atoms with Crippen LogP contribution in [0.5, 0.6) is 0 Å². The zero-order valence-corrected chi connectivity index (χ0v) is 13.1. The first-order valence-electron chi connectivity index (χ1n) is 7.96. The Kier molecular flexibility index (Phi) is 7.25. The molecule has 0 aromatic carbocycles. The summed E-state index contributed by atoms with van der Waals surface area (Å²) >= 11 is 0. The van der Waals surface area contributed by atoms with Gasteiger partial charge in [-0.05, 0) is 38.8 Å². The summed E-state index contributed by atoms with van der Waals surface area (Å²) in [4.78, 5) is 2.65. The first-order chi connectivity index (χ1) is 8.61. The average Bonchev–Trinajstić information content (AvgIpc) is 2.57. The van der Waals surface area contributed by atoms with Crippen LogP contribution >= 0.6 is 0 Å². The molecule has 1 N–H and O–H groups in total. The normalized spacial score (nSPS) is 21.8. The summed E-state index contributed by atoms with van der Waals surface area (Å²) in [6.45, 7) is 7.13. The molecule has 1 rings (SSSR count). The van der Waals surface area contributed by atoms with Gasteiger partial charge in [-0.2, -0.15) is 0 Å². The van der Waals surface area contributed by atoms with Gasteiger partial charge >= 0.3 is 0 Å². The summed E-state index contributed by atoms with van der Waals surface area (Å²) in [5.74, 6) is 0. The maximum Gasteiger partial charge on any atom is 0.00924 e. The first-order valence-corrected chi connectivity index (χ1v) is 7.96. The van der Waals surface area contributed by atoms with Crippen molar-refractivity contribution in [3.63, 3.8) is 0 Å². The van der Waals surface area contributed by atoms with Gasteiger partial charge in [0.2, 0.25) is 0 Å². The van der Waals surface area contributed by atoms with Gasteiger partial charge < -0.3 is 10.2 Å². The van der Waals surface area contributed by atoms with Crippen molar-refractivity contribution in [2.45, 2.75) is 71.3 Å². The Morgan fingerprint density at radius 2 is 1.78 bits per heavy atom. The number of hydrogen-bond acceptors (Lipinski definition) is 2. The van der Waals surface area contributed by atoms with Crippen molar-refractivity contribution in [2.75, 3.05) is 27.2 Å². The molecule has 1 atom stereocenters. The predicted molar refractivity (Wildman–Crippen MR) is 81.1 cm³/mol. The fourth-order valence-electron chi connectivity index (χ4n) is 3.68. The maximum absolute atomic E-state index is 3.39. The third kappa shape index (κ3) is 5.27. The molecular weight excluding hydrogens is 220 g/mol. The SMILES string of the molecule is CCCC(C)(CNC)CN(C)C1CCCCCC1. The third-order valence-corrected chi connectivity index (χ3v) is 4.54. The van der Waals surface area contributed by atoms with Crippen molar-refractivity contribution >= 4 is 0 Å². The van der Waals surface area contributed by atoms with Gasteiger partial charge in [0.15, 0.2) is 0 Å². The van der Waals surface area contributed by atoms with Crippen molar-refractivity contribution in [2.24, 2.45) is 5.41 Å². The van der Waals surface area contributed by atoms with E-state index in [1.165, 1.54) is 57.9 Å². The summed E-state index contributed by atoms with van der Waals surface area (Å²) in [6, 6.07) is 0.834. The molecule has 0 radical (unpaired) electrons. The Hall–Kier alpha value is -0.0800. The maximum atomic E-state index is 3.39. The highest BCUT2D eigenvalue weighted by Crippen LogP contribution is 2.27. The largest absolute Gasteiger partial charge is 0.319 e. The zero-order chi connectivity index (χ0) is 13.4. The molecule has 0 aromatic heterocycles. The second kappa shape index (κ2) is 8.16. The predicted octanol–water partition coefficient (Wildman–Crippen LogP) is 3.67. The van der Waals surface area contributed by atoms with Gasteiger partial charge in [-0.25, -0.2) is 0 Å². The Morgan fingerprint density at radius 1 is 1.17 bits per heavy atom. The van der Waals surface area contributed by atoms with E-state index in [0.29, 0.717) is 5.41 Å². The summed E-state index contributed by atoms with van der Waals surface area (Å²) in [5.41, 5.74) is 0.435. The van der Waals surface area contributed by atoms with E-state index in [4.69, 9.17) is 0 Å². The van der Waals surface area contributed by atoms with Crippen molar-refractivity contribution in [3.8, 4) is 0 Å². The number of nitrogens with zero attached hydrogens (tertiary/aromatic N) is 1. The van der Waals surface area contributed by atoms with Crippen LogP contribution in [0.3, 0.4) is 0 Å². The summed E-state index contributed by atoms with van der Waals surface area (Å²) < 4.78 is 0. The van der Waals surface area contributed by atoms with E-state index in [2.05, 4.69) is 38.2 Å². The lowest BCUT2D eigenvalue weighted by molar-refractivity contribution is 0.128. The monoisotopic (exact) mass is 254 g/mol. The lowest BCUT2D eigenvalue weighted by Gasteiger charge is -2.37. The molecule has 0 bridgehead atoms. The van der Waals surface area contributed by atoms with E-state index in [1.54, 1.807) is 0 Å². The van der Waals surface area contributed by atoms with E-state index in [1.807, 2.05) is 0 Å². The summed E-state index contributed by atoms with van der Waals surface area (Å²) in [7, 11) is 4.43. The Labute approximate surface area is 115 Å². The van der Waals surface area contributed by atoms with Gasteiger partial charge in [0.05, 0.1) is 0 Å². The lowest BCUT2D eigenvalue weighted by Crippen LogP contribution is -2.44. The lowest BCUT2D eigenvalue weighted by atomic mass is 9.84. The summed E-state index contributed by atoms with van der Waals surface area (Å²) in [5, 5.41) is 3.39. The minimum Gasteiger partial charge on any atom is -0.319 e. The molecule has 0 saturated heterocycles. The van der Waals surface area contributed by atoms with E-state index in [0.717, 1.165) is 12.6 Å². The molecule has 108 valence electrons. The number of nitrogens with one attached hydrogen (secondary N) is 1. The standard InChI is InChI=1S/C16H34N2/c1-5-12-16(2,13-17-3)14-18(4)15-10-8-6-7-9-11-15/h15,17H,5-14H2,1-4H3. The molecular formula is C16H34N2. The highest BCUT2D eigenvalue weighted by Gasteiger charge is 2.27. The van der Waals surface area contributed by atoms with Crippen LogP contribution in [-0.2, 0) is 0 Å². The molecule has 1 aliphatic rings. The fraction of sp³-hybridized carbons (Fsp3) is 1.00. The number of rotatable bonds is 7. The van der Waals surface area contributed by atoms with Crippen LogP contribution in [0.15, 0.2) is 0 Å². The summed E-state index contributed by atoms with van der Waals surface area (Å²) in [6.07, 6.45) is 11.2. The van der Waals surface area contributed by atoms with Crippen molar-refractivity contribution < 1.29 is 0 Å². The van der Waals surface area contributed by atoms with Crippen molar-refractivity contribution in [1.82, 2.24) is 10.2 Å². The van der Waals surface area contributed by atoms with Crippen LogP contribution in [0.25, 0.3) is 0 Å². The molecule has 0 heterocycles.